The van der Waals surface area contributed by atoms with Gasteiger partial charge in [-0.1, -0.05) is 0 Å². The van der Waals surface area contributed by atoms with Crippen LogP contribution < -0.4 is 16.0 Å². The summed E-state index contributed by atoms with van der Waals surface area (Å²) in [5.41, 5.74) is 8.03. The third kappa shape index (κ3) is 2.20. The highest BCUT2D eigenvalue weighted by Crippen LogP contribution is 2.30. The number of nitrogens with zero attached hydrogens (tertiary/aromatic N) is 2. The lowest BCUT2D eigenvalue weighted by molar-refractivity contribution is -0.124. The highest BCUT2D eigenvalue weighted by molar-refractivity contribution is 5.78. The lowest BCUT2D eigenvalue weighted by atomic mass is 9.85. The maximum absolute atomic E-state index is 11.5. The van der Waals surface area contributed by atoms with E-state index in [-0.39, 0.29) is 5.91 Å². The maximum atomic E-state index is 11.5. The molecule has 0 radical (unpaired) electrons. The number of nitrogens with two attached hydrogens (primary N) is 1. The summed E-state index contributed by atoms with van der Waals surface area (Å²) < 4.78 is 5.84. The molecule has 2 aliphatic heterocycles. The molecule has 3 N–H and O–H groups in total. The minimum Gasteiger partial charge on any atom is -0.423 e. The van der Waals surface area contributed by atoms with Crippen molar-refractivity contribution in [3.63, 3.8) is 0 Å². The molecule has 2 saturated heterocycles. The van der Waals surface area contributed by atoms with E-state index in [9.17, 15) is 4.79 Å². The van der Waals surface area contributed by atoms with Crippen LogP contribution in [0, 0.1) is 5.92 Å². The predicted octanol–water partition coefficient (Wildman–Crippen LogP) is 1.51. The fourth-order valence-corrected chi connectivity index (χ4v) is 3.35. The summed E-state index contributed by atoms with van der Waals surface area (Å²) in [7, 11) is 0. The van der Waals surface area contributed by atoms with Gasteiger partial charge in [-0.05, 0) is 37.0 Å². The van der Waals surface area contributed by atoms with E-state index in [1.165, 1.54) is 0 Å². The van der Waals surface area contributed by atoms with Gasteiger partial charge in [-0.3, -0.25) is 4.79 Å². The molecule has 1 aromatic carbocycles. The van der Waals surface area contributed by atoms with Crippen molar-refractivity contribution in [1.82, 2.24) is 10.3 Å². The van der Waals surface area contributed by atoms with Crippen LogP contribution in [0.25, 0.3) is 11.1 Å². The predicted molar refractivity (Wildman–Crippen MR) is 79.9 cm³/mol. The average molecular weight is 286 g/mol. The van der Waals surface area contributed by atoms with Crippen molar-refractivity contribution in [1.29, 1.82) is 0 Å². The van der Waals surface area contributed by atoms with Gasteiger partial charge >= 0.3 is 0 Å². The number of nitrogen functional groups attached to an aromatic ring is 1. The molecular weight excluding hydrogens is 268 g/mol. The first-order chi connectivity index (χ1) is 10.2. The first kappa shape index (κ1) is 12.5. The third-order valence-corrected chi connectivity index (χ3v) is 4.49. The Bertz CT molecular complexity index is 696. The number of carbonyl (C=O) groups excluding carboxylic acids is 1. The summed E-state index contributed by atoms with van der Waals surface area (Å²) in [6.07, 6.45) is 2.51. The van der Waals surface area contributed by atoms with Crippen molar-refractivity contribution in [2.45, 2.75) is 25.3 Å². The number of carbonyl (C=O) groups is 1. The van der Waals surface area contributed by atoms with E-state index in [1.807, 2.05) is 18.2 Å². The first-order valence-electron chi connectivity index (χ1n) is 7.39. The van der Waals surface area contributed by atoms with Gasteiger partial charge in [0, 0.05) is 31.2 Å². The monoisotopic (exact) mass is 286 g/mol. The SMILES string of the molecule is Nc1ccc2oc(N3CCC4NC(=O)CCC4C3)nc2c1. The van der Waals surface area contributed by atoms with E-state index in [4.69, 9.17) is 10.2 Å². The van der Waals surface area contributed by atoms with Crippen LogP contribution in [0.1, 0.15) is 19.3 Å². The number of aromatic nitrogens is 1. The molecule has 6 heteroatoms. The summed E-state index contributed by atoms with van der Waals surface area (Å²) >= 11 is 0. The van der Waals surface area contributed by atoms with E-state index in [0.29, 0.717) is 30.1 Å². The normalized spacial score (nSPS) is 25.7. The average Bonchev–Trinajstić information content (AvgIpc) is 2.89. The van der Waals surface area contributed by atoms with E-state index in [1.54, 1.807) is 0 Å². The van der Waals surface area contributed by atoms with Crippen molar-refractivity contribution in [2.75, 3.05) is 23.7 Å². The van der Waals surface area contributed by atoms with E-state index < -0.39 is 0 Å². The Labute approximate surface area is 122 Å². The molecule has 0 spiro atoms. The van der Waals surface area contributed by atoms with Crippen LogP contribution in [-0.2, 0) is 4.79 Å². The van der Waals surface area contributed by atoms with Crippen LogP contribution in [0.5, 0.6) is 0 Å². The quantitative estimate of drug-likeness (QED) is 0.776. The van der Waals surface area contributed by atoms with Gasteiger partial charge in [0.1, 0.15) is 5.52 Å². The van der Waals surface area contributed by atoms with E-state index >= 15 is 0 Å². The van der Waals surface area contributed by atoms with E-state index in [2.05, 4.69) is 15.2 Å². The molecule has 1 aromatic heterocycles. The summed E-state index contributed by atoms with van der Waals surface area (Å²) in [6, 6.07) is 6.47. The van der Waals surface area contributed by atoms with Crippen molar-refractivity contribution < 1.29 is 9.21 Å². The molecule has 4 rings (SSSR count). The molecule has 2 atom stereocenters. The molecule has 0 bridgehead atoms. The number of oxazole rings is 1. The molecule has 6 nitrogen and oxygen atoms in total. The number of rotatable bonds is 1. The van der Waals surface area contributed by atoms with Gasteiger partial charge < -0.3 is 20.4 Å². The maximum Gasteiger partial charge on any atom is 0.298 e. The smallest absolute Gasteiger partial charge is 0.298 e. The highest BCUT2D eigenvalue weighted by atomic mass is 16.4. The number of fused-ring (bicyclic) bond motifs is 2. The lowest BCUT2D eigenvalue weighted by Gasteiger charge is -2.40. The number of benzene rings is 1. The number of amides is 1. The van der Waals surface area contributed by atoms with Gasteiger partial charge in [-0.15, -0.1) is 0 Å². The Hall–Kier alpha value is -2.24. The van der Waals surface area contributed by atoms with Gasteiger partial charge in [0.05, 0.1) is 0 Å². The molecule has 0 aliphatic carbocycles. The van der Waals surface area contributed by atoms with E-state index in [0.717, 1.165) is 37.0 Å². The molecular formula is C15H18N4O2. The minimum atomic E-state index is 0.182. The molecule has 21 heavy (non-hydrogen) atoms. The second-order valence-electron chi connectivity index (χ2n) is 5.93. The molecule has 2 unspecified atom stereocenters. The molecule has 110 valence electrons. The summed E-state index contributed by atoms with van der Waals surface area (Å²) in [4.78, 5) is 18.2. The Morgan fingerprint density at radius 2 is 2.29 bits per heavy atom. The van der Waals surface area contributed by atoms with Crippen LogP contribution in [0.2, 0.25) is 0 Å². The highest BCUT2D eigenvalue weighted by Gasteiger charge is 2.35. The fourth-order valence-electron chi connectivity index (χ4n) is 3.35. The van der Waals surface area contributed by atoms with Crippen LogP contribution in [-0.4, -0.2) is 30.0 Å². The number of hydrogen-bond acceptors (Lipinski definition) is 5. The van der Waals surface area contributed by atoms with Gasteiger partial charge in [0.15, 0.2) is 5.58 Å². The summed E-state index contributed by atoms with van der Waals surface area (Å²) in [5, 5.41) is 3.09. The van der Waals surface area contributed by atoms with Crippen LogP contribution in [0.4, 0.5) is 11.7 Å². The molecule has 1 amide bonds. The van der Waals surface area contributed by atoms with Crippen molar-refractivity contribution in [3.8, 4) is 0 Å². The topological polar surface area (TPSA) is 84.4 Å². The summed E-state index contributed by atoms with van der Waals surface area (Å²) in [5.74, 6) is 0.665. The Kier molecular flexibility index (Phi) is 2.77. The zero-order valence-corrected chi connectivity index (χ0v) is 11.7. The fraction of sp³-hybridized carbons (Fsp3) is 0.467. The molecule has 0 saturated carbocycles. The van der Waals surface area contributed by atoms with Gasteiger partial charge in [-0.2, -0.15) is 4.98 Å². The zero-order valence-electron chi connectivity index (χ0n) is 11.7. The second kappa shape index (κ2) is 4.65. The number of nitrogens with one attached hydrogen (secondary N) is 1. The lowest BCUT2D eigenvalue weighted by Crippen LogP contribution is -2.54. The second-order valence-corrected chi connectivity index (χ2v) is 5.93. The number of hydrogen-bond donors (Lipinski definition) is 2. The van der Waals surface area contributed by atoms with Gasteiger partial charge in [0.2, 0.25) is 5.91 Å². The van der Waals surface area contributed by atoms with Crippen molar-refractivity contribution >= 4 is 28.7 Å². The van der Waals surface area contributed by atoms with Gasteiger partial charge in [-0.25, -0.2) is 0 Å². The number of piperidine rings is 2. The Balaban J connectivity index is 1.57. The zero-order chi connectivity index (χ0) is 14.4. The van der Waals surface area contributed by atoms with Crippen LogP contribution in [0.3, 0.4) is 0 Å². The summed E-state index contributed by atoms with van der Waals surface area (Å²) in [6.45, 7) is 1.73. The Morgan fingerprint density at radius 1 is 1.38 bits per heavy atom. The van der Waals surface area contributed by atoms with Crippen molar-refractivity contribution in [2.24, 2.45) is 5.92 Å². The molecule has 3 heterocycles. The standard InChI is InChI=1S/C15H18N4O2/c16-10-2-3-13-12(7-10)18-15(21-13)19-6-5-11-9(8-19)1-4-14(20)17-11/h2-3,7,9,11H,1,4-6,8,16H2,(H,17,20). The van der Waals surface area contributed by atoms with Crippen LogP contribution >= 0.6 is 0 Å². The Morgan fingerprint density at radius 3 is 3.19 bits per heavy atom. The molecule has 2 aliphatic rings. The van der Waals surface area contributed by atoms with Crippen LogP contribution in [0.15, 0.2) is 22.6 Å². The number of anilines is 2. The molecule has 2 fully saturated rings. The largest absolute Gasteiger partial charge is 0.423 e. The molecule has 2 aromatic rings. The first-order valence-corrected chi connectivity index (χ1v) is 7.39. The van der Waals surface area contributed by atoms with Crippen molar-refractivity contribution in [3.05, 3.63) is 18.2 Å². The third-order valence-electron chi connectivity index (χ3n) is 4.49. The minimum absolute atomic E-state index is 0.182. The van der Waals surface area contributed by atoms with Gasteiger partial charge in [0.25, 0.3) is 6.01 Å².